The van der Waals surface area contributed by atoms with Crippen LogP contribution >= 0.6 is 24.0 Å². The number of ether oxygens (including phenoxy) is 1. The molecular formula is C22H22Cl2N2O4. The molecule has 1 unspecified atom stereocenters. The Balaban J connectivity index is 0.00000256. The lowest BCUT2D eigenvalue weighted by Gasteiger charge is -2.34. The third-order valence-electron chi connectivity index (χ3n) is 5.04. The predicted octanol–water partition coefficient (Wildman–Crippen LogP) is 3.67. The molecule has 0 bridgehead atoms. The molecule has 8 heteroatoms. The van der Waals surface area contributed by atoms with Crippen LogP contribution in [-0.4, -0.2) is 43.7 Å². The van der Waals surface area contributed by atoms with Crippen molar-refractivity contribution in [1.29, 1.82) is 0 Å². The second-order valence-electron chi connectivity index (χ2n) is 6.90. The molecule has 6 nitrogen and oxygen atoms in total. The van der Waals surface area contributed by atoms with Crippen molar-refractivity contribution in [3.05, 3.63) is 81.2 Å². The van der Waals surface area contributed by atoms with Crippen LogP contribution in [0.15, 0.2) is 63.8 Å². The SMILES string of the molecule is Cl.O=C(NCC(c1ccccc1)N1CCOCC1)c1cc(=O)c2cc(Cl)ccc2o1. The van der Waals surface area contributed by atoms with Gasteiger partial charge in [-0.2, -0.15) is 0 Å². The topological polar surface area (TPSA) is 71.8 Å². The van der Waals surface area contributed by atoms with Gasteiger partial charge in [0.25, 0.3) is 5.91 Å². The molecule has 1 amide bonds. The Kier molecular flexibility index (Phi) is 7.50. The summed E-state index contributed by atoms with van der Waals surface area (Å²) >= 11 is 5.94. The molecule has 1 N–H and O–H groups in total. The molecule has 30 heavy (non-hydrogen) atoms. The number of amides is 1. The van der Waals surface area contributed by atoms with Crippen LogP contribution in [0.25, 0.3) is 11.0 Å². The zero-order chi connectivity index (χ0) is 20.2. The van der Waals surface area contributed by atoms with Gasteiger partial charge < -0.3 is 14.5 Å². The number of rotatable bonds is 5. The average molecular weight is 449 g/mol. The monoisotopic (exact) mass is 448 g/mol. The first-order valence-electron chi connectivity index (χ1n) is 9.50. The number of benzene rings is 2. The number of morpholine rings is 1. The van der Waals surface area contributed by atoms with E-state index in [1.165, 1.54) is 12.1 Å². The van der Waals surface area contributed by atoms with Crippen LogP contribution in [-0.2, 0) is 4.74 Å². The zero-order valence-corrected chi connectivity index (χ0v) is 17.7. The van der Waals surface area contributed by atoms with Crippen molar-refractivity contribution < 1.29 is 13.9 Å². The largest absolute Gasteiger partial charge is 0.451 e. The van der Waals surface area contributed by atoms with Crippen LogP contribution in [0, 0.1) is 0 Å². The van der Waals surface area contributed by atoms with Crippen molar-refractivity contribution in [2.75, 3.05) is 32.8 Å². The lowest BCUT2D eigenvalue weighted by Crippen LogP contribution is -2.43. The molecule has 1 aromatic heterocycles. The van der Waals surface area contributed by atoms with Gasteiger partial charge in [-0.1, -0.05) is 41.9 Å². The van der Waals surface area contributed by atoms with Crippen LogP contribution in [0.4, 0.5) is 0 Å². The van der Waals surface area contributed by atoms with Crippen LogP contribution in [0.5, 0.6) is 0 Å². The summed E-state index contributed by atoms with van der Waals surface area (Å²) in [5.41, 5.74) is 1.15. The third-order valence-corrected chi connectivity index (χ3v) is 5.27. The molecule has 1 saturated heterocycles. The van der Waals surface area contributed by atoms with Gasteiger partial charge in [-0.3, -0.25) is 14.5 Å². The highest BCUT2D eigenvalue weighted by Crippen LogP contribution is 2.22. The van der Waals surface area contributed by atoms with Crippen LogP contribution in [0.2, 0.25) is 5.02 Å². The van der Waals surface area contributed by atoms with E-state index in [1.807, 2.05) is 30.3 Å². The number of nitrogens with zero attached hydrogens (tertiary/aromatic N) is 1. The lowest BCUT2D eigenvalue weighted by molar-refractivity contribution is 0.0161. The standard InChI is InChI=1S/C22H21ClN2O4.ClH/c23-16-6-7-20-17(12-16)19(26)13-21(29-20)22(27)24-14-18(15-4-2-1-3-5-15)25-8-10-28-11-9-25;/h1-7,12-13,18H,8-11,14H2,(H,24,27);1H. The van der Waals surface area contributed by atoms with Gasteiger partial charge in [0, 0.05) is 30.7 Å². The zero-order valence-electron chi connectivity index (χ0n) is 16.2. The Labute approximate surface area is 185 Å². The number of hydrogen-bond donors (Lipinski definition) is 1. The second-order valence-corrected chi connectivity index (χ2v) is 7.34. The van der Waals surface area contributed by atoms with Crippen molar-refractivity contribution in [3.8, 4) is 0 Å². The minimum Gasteiger partial charge on any atom is -0.451 e. The van der Waals surface area contributed by atoms with Crippen molar-refractivity contribution in [2.24, 2.45) is 0 Å². The molecule has 0 saturated carbocycles. The van der Waals surface area contributed by atoms with E-state index in [0.29, 0.717) is 35.8 Å². The van der Waals surface area contributed by atoms with Gasteiger partial charge in [0.2, 0.25) is 0 Å². The summed E-state index contributed by atoms with van der Waals surface area (Å²) in [5, 5.41) is 3.71. The van der Waals surface area contributed by atoms with Crippen molar-refractivity contribution >= 4 is 40.9 Å². The molecule has 0 radical (unpaired) electrons. The van der Waals surface area contributed by atoms with Crippen LogP contribution in [0.1, 0.15) is 22.2 Å². The molecule has 2 heterocycles. The quantitative estimate of drug-likeness (QED) is 0.644. The fourth-order valence-electron chi connectivity index (χ4n) is 3.54. The highest BCUT2D eigenvalue weighted by molar-refractivity contribution is 6.31. The summed E-state index contributed by atoms with van der Waals surface area (Å²) in [6.45, 7) is 3.31. The van der Waals surface area contributed by atoms with Gasteiger partial charge in [-0.25, -0.2) is 0 Å². The van der Waals surface area contributed by atoms with Crippen LogP contribution < -0.4 is 10.7 Å². The molecule has 1 aliphatic rings. The average Bonchev–Trinajstić information content (AvgIpc) is 2.75. The first kappa shape index (κ1) is 22.3. The number of nitrogens with one attached hydrogen (secondary N) is 1. The third kappa shape index (κ3) is 5.02. The van der Waals surface area contributed by atoms with E-state index in [-0.39, 0.29) is 29.6 Å². The minimum atomic E-state index is -0.423. The number of carbonyl (C=O) groups is 1. The fourth-order valence-corrected chi connectivity index (χ4v) is 3.71. The summed E-state index contributed by atoms with van der Waals surface area (Å²) < 4.78 is 11.1. The Morgan fingerprint density at radius 1 is 1.10 bits per heavy atom. The highest BCUT2D eigenvalue weighted by Gasteiger charge is 2.24. The Morgan fingerprint density at radius 3 is 2.57 bits per heavy atom. The van der Waals surface area contributed by atoms with Gasteiger partial charge in [0.05, 0.1) is 24.6 Å². The second kappa shape index (κ2) is 10.1. The summed E-state index contributed by atoms with van der Waals surface area (Å²) in [5.74, 6) is -0.438. The van der Waals surface area contributed by atoms with E-state index >= 15 is 0 Å². The van der Waals surface area contributed by atoms with Gasteiger partial charge in [0.1, 0.15) is 5.58 Å². The normalized spacial score (nSPS) is 15.4. The number of halogens is 2. The molecular weight excluding hydrogens is 427 g/mol. The number of hydrogen-bond acceptors (Lipinski definition) is 5. The summed E-state index contributed by atoms with van der Waals surface area (Å²) in [7, 11) is 0. The molecule has 1 fully saturated rings. The number of fused-ring (bicyclic) bond motifs is 1. The van der Waals surface area contributed by atoms with Crippen molar-refractivity contribution in [3.63, 3.8) is 0 Å². The van der Waals surface area contributed by atoms with E-state index in [4.69, 9.17) is 20.8 Å². The smallest absolute Gasteiger partial charge is 0.287 e. The molecule has 1 aliphatic heterocycles. The molecule has 0 spiro atoms. The predicted molar refractivity (Wildman–Crippen MR) is 119 cm³/mol. The number of carbonyl (C=O) groups excluding carboxylic acids is 1. The molecule has 3 aromatic rings. The maximum atomic E-state index is 12.7. The van der Waals surface area contributed by atoms with Crippen molar-refractivity contribution in [2.45, 2.75) is 6.04 Å². The Morgan fingerprint density at radius 2 is 1.83 bits per heavy atom. The lowest BCUT2D eigenvalue weighted by atomic mass is 10.0. The first-order valence-corrected chi connectivity index (χ1v) is 9.88. The molecule has 0 aliphatic carbocycles. The van der Waals surface area contributed by atoms with Gasteiger partial charge in [-0.15, -0.1) is 12.4 Å². The van der Waals surface area contributed by atoms with E-state index in [9.17, 15) is 9.59 Å². The molecule has 2 aromatic carbocycles. The van der Waals surface area contributed by atoms with E-state index in [2.05, 4.69) is 10.2 Å². The van der Waals surface area contributed by atoms with Gasteiger partial charge >= 0.3 is 0 Å². The molecule has 4 rings (SSSR count). The molecule has 158 valence electrons. The minimum absolute atomic E-state index is 0. The van der Waals surface area contributed by atoms with Gasteiger partial charge in [0.15, 0.2) is 11.2 Å². The maximum absolute atomic E-state index is 12.7. The van der Waals surface area contributed by atoms with Crippen molar-refractivity contribution in [1.82, 2.24) is 10.2 Å². The first-order chi connectivity index (χ1) is 14.1. The van der Waals surface area contributed by atoms with E-state index < -0.39 is 5.91 Å². The Bertz CT molecular complexity index is 1070. The molecule has 1 atom stereocenters. The maximum Gasteiger partial charge on any atom is 0.287 e. The van der Waals surface area contributed by atoms with E-state index in [0.717, 1.165) is 18.7 Å². The fraction of sp³-hybridized carbons (Fsp3) is 0.273. The summed E-state index contributed by atoms with van der Waals surface area (Å²) in [6, 6.07) is 16.0. The van der Waals surface area contributed by atoms with Gasteiger partial charge in [-0.05, 0) is 23.8 Å². The van der Waals surface area contributed by atoms with E-state index in [1.54, 1.807) is 12.1 Å². The highest BCUT2D eigenvalue weighted by atomic mass is 35.5. The summed E-state index contributed by atoms with van der Waals surface area (Å²) in [4.78, 5) is 27.3. The Hall–Kier alpha value is -2.38. The van der Waals surface area contributed by atoms with Crippen LogP contribution in [0.3, 0.4) is 0 Å². The summed E-state index contributed by atoms with van der Waals surface area (Å²) in [6.07, 6.45) is 0.